The molecule has 0 radical (unpaired) electrons. The van der Waals surface area contributed by atoms with Crippen molar-refractivity contribution in [3.8, 4) is 0 Å². The van der Waals surface area contributed by atoms with Crippen molar-refractivity contribution in [2.75, 3.05) is 13.2 Å². The summed E-state index contributed by atoms with van der Waals surface area (Å²) < 4.78 is 19.1. The van der Waals surface area contributed by atoms with Gasteiger partial charge in [0.2, 0.25) is 0 Å². The van der Waals surface area contributed by atoms with E-state index >= 15 is 0 Å². The lowest BCUT2D eigenvalue weighted by Crippen LogP contribution is -2.50. The Balaban J connectivity index is 1.83. The largest absolute Gasteiger partial charge is 0.463 e. The molecular formula is C32H60O4Si2. The van der Waals surface area contributed by atoms with Gasteiger partial charge >= 0.3 is 5.97 Å². The molecule has 0 heterocycles. The Kier molecular flexibility index (Phi) is 9.37. The zero-order valence-electron chi connectivity index (χ0n) is 27.0. The second kappa shape index (κ2) is 11.1. The van der Waals surface area contributed by atoms with Crippen molar-refractivity contribution < 1.29 is 18.4 Å². The number of allylic oxidation sites excluding steroid dienone is 1. The lowest BCUT2D eigenvalue weighted by molar-refractivity contribution is -0.137. The smallest absolute Gasteiger partial charge is 0.330 e. The van der Waals surface area contributed by atoms with Crippen molar-refractivity contribution >= 4 is 22.6 Å². The first kappa shape index (κ1) is 32.1. The van der Waals surface area contributed by atoms with Crippen LogP contribution in [0.5, 0.6) is 0 Å². The van der Waals surface area contributed by atoms with Crippen LogP contribution in [0, 0.1) is 28.6 Å². The number of esters is 1. The molecule has 3 rings (SSSR count). The van der Waals surface area contributed by atoms with Gasteiger partial charge in [0.05, 0.1) is 6.61 Å². The van der Waals surface area contributed by atoms with Crippen LogP contribution in [0.3, 0.4) is 0 Å². The molecule has 3 saturated carbocycles. The summed E-state index contributed by atoms with van der Waals surface area (Å²) in [7, 11) is -3.62. The lowest BCUT2D eigenvalue weighted by Gasteiger charge is -2.50. The molecule has 6 heteroatoms. The summed E-state index contributed by atoms with van der Waals surface area (Å²) in [6.07, 6.45) is 12.9. The molecule has 0 amide bonds. The molecule has 0 aliphatic heterocycles. The maximum Gasteiger partial charge on any atom is 0.330 e. The average Bonchev–Trinajstić information content (AvgIpc) is 3.33. The second-order valence-corrected chi connectivity index (χ2v) is 25.6. The Hall–Kier alpha value is -0.436. The fourth-order valence-electron chi connectivity index (χ4n) is 7.33. The van der Waals surface area contributed by atoms with E-state index in [1.165, 1.54) is 38.5 Å². The normalized spacial score (nSPS) is 34.4. The molecule has 220 valence electrons. The van der Waals surface area contributed by atoms with Crippen LogP contribution in [0.25, 0.3) is 0 Å². The SMILES string of the molecule is CCOC(=O)/C=C/C1CC1(CCO[Si](C)(C)C(C)(C)C)[C@H]1CCC2[C@@H](O[Si](C)(C)C(C)(C)C)CCC[C@@]21C. The van der Waals surface area contributed by atoms with E-state index in [1.807, 2.05) is 6.92 Å². The van der Waals surface area contributed by atoms with Crippen LogP contribution in [0.2, 0.25) is 36.3 Å². The summed E-state index contributed by atoms with van der Waals surface area (Å²) in [5.74, 6) is 1.54. The Morgan fingerprint density at radius 1 is 0.974 bits per heavy atom. The van der Waals surface area contributed by atoms with Gasteiger partial charge < -0.3 is 13.6 Å². The van der Waals surface area contributed by atoms with E-state index in [4.69, 9.17) is 13.6 Å². The molecule has 0 N–H and O–H groups in total. The van der Waals surface area contributed by atoms with Crippen LogP contribution in [-0.2, 0) is 18.4 Å². The van der Waals surface area contributed by atoms with Crippen molar-refractivity contribution in [2.45, 2.75) is 143 Å². The molecule has 0 saturated heterocycles. The molecule has 4 nitrogen and oxygen atoms in total. The highest BCUT2D eigenvalue weighted by atomic mass is 28.4. The maximum absolute atomic E-state index is 12.2. The third-order valence-electron chi connectivity index (χ3n) is 11.8. The second-order valence-electron chi connectivity index (χ2n) is 16.1. The van der Waals surface area contributed by atoms with Gasteiger partial charge in [0.25, 0.3) is 0 Å². The van der Waals surface area contributed by atoms with E-state index in [1.54, 1.807) is 6.08 Å². The van der Waals surface area contributed by atoms with Gasteiger partial charge in [0.1, 0.15) is 0 Å². The van der Waals surface area contributed by atoms with Crippen LogP contribution in [0.4, 0.5) is 0 Å². The zero-order chi connectivity index (χ0) is 28.8. The Morgan fingerprint density at radius 2 is 1.61 bits per heavy atom. The molecule has 38 heavy (non-hydrogen) atoms. The number of ether oxygens (including phenoxy) is 1. The minimum atomic E-state index is -1.82. The zero-order valence-corrected chi connectivity index (χ0v) is 29.0. The number of carbonyl (C=O) groups excluding carboxylic acids is 1. The standard InChI is InChI=1S/C32H60O4Si2/c1-13-34-28(33)19-16-24-23-32(24,21-22-35-37(9,10)29(2,3)4)27-18-17-25-26(15-14-20-31(25,27)8)36-38(11,12)30(5,6)7/h16,19,24-27H,13-15,17-18,20-23H2,1-12H3/b19-16+/t24?,25?,26-,27-,31-,32?/m0/s1. The molecule has 3 aliphatic carbocycles. The highest BCUT2D eigenvalue weighted by molar-refractivity contribution is 6.74. The van der Waals surface area contributed by atoms with Gasteiger partial charge in [-0.1, -0.05) is 61.0 Å². The number of rotatable bonds is 10. The molecule has 3 fully saturated rings. The Bertz CT molecular complexity index is 868. The molecule has 0 aromatic carbocycles. The minimum absolute atomic E-state index is 0.207. The summed E-state index contributed by atoms with van der Waals surface area (Å²) in [5.41, 5.74) is 0.530. The van der Waals surface area contributed by atoms with E-state index in [2.05, 4.69) is 80.7 Å². The van der Waals surface area contributed by atoms with Gasteiger partial charge in [-0.05, 0) is 110 Å². The van der Waals surface area contributed by atoms with Crippen molar-refractivity contribution in [3.05, 3.63) is 12.2 Å². The number of hydrogen-bond acceptors (Lipinski definition) is 4. The Labute approximate surface area is 237 Å². The summed E-state index contributed by atoms with van der Waals surface area (Å²) in [6, 6.07) is 0. The van der Waals surface area contributed by atoms with Gasteiger partial charge in [0, 0.05) is 18.8 Å². The summed E-state index contributed by atoms with van der Waals surface area (Å²) in [4.78, 5) is 12.2. The summed E-state index contributed by atoms with van der Waals surface area (Å²) in [6.45, 7) is 29.3. The summed E-state index contributed by atoms with van der Waals surface area (Å²) >= 11 is 0. The molecule has 0 bridgehead atoms. The quantitative estimate of drug-likeness (QED) is 0.151. The van der Waals surface area contributed by atoms with Crippen molar-refractivity contribution in [2.24, 2.45) is 28.6 Å². The topological polar surface area (TPSA) is 44.8 Å². The Morgan fingerprint density at radius 3 is 2.18 bits per heavy atom. The number of fused-ring (bicyclic) bond motifs is 1. The van der Waals surface area contributed by atoms with Gasteiger partial charge in [0.15, 0.2) is 16.6 Å². The van der Waals surface area contributed by atoms with Crippen LogP contribution < -0.4 is 0 Å². The molecular weight excluding hydrogens is 505 g/mol. The average molecular weight is 565 g/mol. The molecule has 0 spiro atoms. The van der Waals surface area contributed by atoms with Gasteiger partial charge in [-0.3, -0.25) is 0 Å². The summed E-state index contributed by atoms with van der Waals surface area (Å²) in [5, 5.41) is 0.454. The minimum Gasteiger partial charge on any atom is -0.463 e. The van der Waals surface area contributed by atoms with E-state index in [-0.39, 0.29) is 21.5 Å². The third-order valence-corrected chi connectivity index (χ3v) is 20.8. The highest BCUT2D eigenvalue weighted by Gasteiger charge is 2.66. The van der Waals surface area contributed by atoms with Gasteiger partial charge in [-0.25, -0.2) is 4.79 Å². The van der Waals surface area contributed by atoms with Crippen molar-refractivity contribution in [3.63, 3.8) is 0 Å². The predicted octanol–water partition coefficient (Wildman–Crippen LogP) is 9.13. The van der Waals surface area contributed by atoms with E-state index in [0.29, 0.717) is 35.9 Å². The number of hydrogen-bond donors (Lipinski definition) is 0. The van der Waals surface area contributed by atoms with Crippen LogP contribution in [0.15, 0.2) is 12.2 Å². The molecule has 6 atom stereocenters. The van der Waals surface area contributed by atoms with Crippen molar-refractivity contribution in [1.82, 2.24) is 0 Å². The lowest BCUT2D eigenvalue weighted by atomic mass is 9.60. The maximum atomic E-state index is 12.2. The van der Waals surface area contributed by atoms with Gasteiger partial charge in [-0.15, -0.1) is 0 Å². The van der Waals surface area contributed by atoms with E-state index in [9.17, 15) is 4.79 Å². The molecule has 0 aromatic rings. The number of carbonyl (C=O) groups is 1. The monoisotopic (exact) mass is 564 g/mol. The van der Waals surface area contributed by atoms with Crippen molar-refractivity contribution in [1.29, 1.82) is 0 Å². The molecule has 0 aromatic heterocycles. The van der Waals surface area contributed by atoms with E-state index < -0.39 is 16.6 Å². The third kappa shape index (κ3) is 6.39. The van der Waals surface area contributed by atoms with Gasteiger partial charge in [-0.2, -0.15) is 0 Å². The molecule has 3 unspecified atom stereocenters. The van der Waals surface area contributed by atoms with Crippen LogP contribution in [0.1, 0.15) is 100 Å². The van der Waals surface area contributed by atoms with E-state index in [0.717, 1.165) is 13.0 Å². The first-order chi connectivity index (χ1) is 17.3. The van der Waals surface area contributed by atoms with Crippen LogP contribution >= 0.6 is 0 Å². The first-order valence-corrected chi connectivity index (χ1v) is 21.3. The predicted molar refractivity (Wildman–Crippen MR) is 164 cm³/mol. The first-order valence-electron chi connectivity index (χ1n) is 15.5. The fourth-order valence-corrected chi connectivity index (χ4v) is 9.77. The highest BCUT2D eigenvalue weighted by Crippen LogP contribution is 2.72. The van der Waals surface area contributed by atoms with Crippen LogP contribution in [-0.4, -0.2) is 41.9 Å². The fraction of sp³-hybridized carbons (Fsp3) is 0.906. The molecule has 3 aliphatic rings.